The van der Waals surface area contributed by atoms with E-state index >= 15 is 0 Å². The minimum Gasteiger partial charge on any atom is -0.497 e. The molecule has 4 rings (SSSR count). The normalized spacial score (nSPS) is 16.4. The fraction of sp³-hybridized carbons (Fsp3) is 0.429. The van der Waals surface area contributed by atoms with Gasteiger partial charge in [0.05, 0.1) is 7.11 Å². The Morgan fingerprint density at radius 3 is 2.55 bits per heavy atom. The molecule has 174 valence electrons. The Balaban J connectivity index is 1.56. The largest absolute Gasteiger partial charge is 0.497 e. The lowest BCUT2D eigenvalue weighted by atomic mass is 9.86. The highest BCUT2D eigenvalue weighted by atomic mass is 16.5. The molecule has 0 bridgehead atoms. The summed E-state index contributed by atoms with van der Waals surface area (Å²) >= 11 is 0. The number of hydrogen-bond donors (Lipinski definition) is 1. The van der Waals surface area contributed by atoms with Gasteiger partial charge in [0.25, 0.3) is 5.91 Å². The van der Waals surface area contributed by atoms with E-state index in [4.69, 9.17) is 4.74 Å². The molecule has 2 amide bonds. The van der Waals surface area contributed by atoms with Crippen molar-refractivity contribution >= 4 is 17.4 Å². The van der Waals surface area contributed by atoms with E-state index in [0.717, 1.165) is 46.8 Å². The van der Waals surface area contributed by atoms with Gasteiger partial charge in [-0.25, -0.2) is 0 Å². The number of ether oxygens (including phenoxy) is 1. The first kappa shape index (κ1) is 23.1. The van der Waals surface area contributed by atoms with Crippen LogP contribution in [0.1, 0.15) is 68.1 Å². The first-order valence-corrected chi connectivity index (χ1v) is 12.1. The van der Waals surface area contributed by atoms with Crippen molar-refractivity contribution in [2.75, 3.05) is 14.2 Å². The quantitative estimate of drug-likeness (QED) is 0.628. The van der Waals surface area contributed by atoms with E-state index in [1.807, 2.05) is 60.5 Å². The molecule has 0 saturated heterocycles. The number of likely N-dealkylation sites (N-methyl/N-ethyl adjacent to an activating group) is 1. The van der Waals surface area contributed by atoms with E-state index in [-0.39, 0.29) is 11.8 Å². The lowest BCUT2D eigenvalue weighted by Gasteiger charge is -2.32. The molecule has 0 atom stereocenters. The number of rotatable bonds is 7. The van der Waals surface area contributed by atoms with E-state index in [1.165, 1.54) is 32.1 Å². The van der Waals surface area contributed by atoms with Crippen molar-refractivity contribution in [3.8, 4) is 5.75 Å². The van der Waals surface area contributed by atoms with Crippen LogP contribution in [0.25, 0.3) is 5.57 Å². The number of imide groups is 1. The number of nitrogens with zero attached hydrogens (tertiary/aromatic N) is 1. The predicted molar refractivity (Wildman–Crippen MR) is 131 cm³/mol. The Morgan fingerprint density at radius 2 is 1.82 bits per heavy atom. The maximum absolute atomic E-state index is 13.4. The van der Waals surface area contributed by atoms with Crippen molar-refractivity contribution < 1.29 is 14.3 Å². The third-order valence-corrected chi connectivity index (χ3v) is 6.88. The number of hydrogen-bond acceptors (Lipinski definition) is 4. The zero-order valence-corrected chi connectivity index (χ0v) is 19.7. The predicted octanol–water partition coefficient (Wildman–Crippen LogP) is 5.29. The van der Waals surface area contributed by atoms with Crippen molar-refractivity contribution in [2.24, 2.45) is 5.92 Å². The van der Waals surface area contributed by atoms with Gasteiger partial charge < -0.3 is 9.64 Å². The molecule has 0 aromatic heterocycles. The third-order valence-electron chi connectivity index (χ3n) is 6.88. The number of amides is 2. The van der Waals surface area contributed by atoms with Crippen LogP contribution in [0, 0.1) is 5.92 Å². The van der Waals surface area contributed by atoms with Gasteiger partial charge in [0.15, 0.2) is 0 Å². The second kappa shape index (κ2) is 10.7. The summed E-state index contributed by atoms with van der Waals surface area (Å²) in [4.78, 5) is 27.9. The van der Waals surface area contributed by atoms with E-state index < -0.39 is 0 Å². The highest BCUT2D eigenvalue weighted by Crippen LogP contribution is 2.37. The van der Waals surface area contributed by atoms with Gasteiger partial charge in [-0.15, -0.1) is 0 Å². The Hall–Kier alpha value is -3.08. The summed E-state index contributed by atoms with van der Waals surface area (Å²) in [5.41, 5.74) is 4.36. The topological polar surface area (TPSA) is 58.6 Å². The van der Waals surface area contributed by atoms with Gasteiger partial charge in [-0.2, -0.15) is 0 Å². The molecule has 1 heterocycles. The van der Waals surface area contributed by atoms with Crippen molar-refractivity contribution in [1.82, 2.24) is 10.2 Å². The van der Waals surface area contributed by atoms with Crippen LogP contribution in [0.2, 0.25) is 0 Å². The van der Waals surface area contributed by atoms with Gasteiger partial charge in [-0.05, 0) is 47.6 Å². The molecule has 2 aromatic rings. The van der Waals surface area contributed by atoms with Gasteiger partial charge >= 0.3 is 0 Å². The monoisotopic (exact) mass is 446 g/mol. The second-order valence-corrected chi connectivity index (χ2v) is 9.24. The highest BCUT2D eigenvalue weighted by molar-refractivity contribution is 6.10. The number of benzene rings is 2. The molecular weight excluding hydrogens is 412 g/mol. The van der Waals surface area contributed by atoms with Crippen LogP contribution in [0.4, 0.5) is 0 Å². The first-order chi connectivity index (χ1) is 16.1. The molecule has 1 N–H and O–H groups in total. The van der Waals surface area contributed by atoms with Crippen LogP contribution >= 0.6 is 0 Å². The summed E-state index contributed by atoms with van der Waals surface area (Å²) in [5.74, 6) is 0.948. The first-order valence-electron chi connectivity index (χ1n) is 12.1. The molecule has 0 spiro atoms. The number of nitrogens with one attached hydrogen (secondary N) is 1. The van der Waals surface area contributed by atoms with E-state index in [1.54, 1.807) is 7.11 Å². The zero-order chi connectivity index (χ0) is 23.2. The fourth-order valence-electron chi connectivity index (χ4n) is 5.17. The molecule has 1 saturated carbocycles. The average Bonchev–Trinajstić information content (AvgIpc) is 2.84. The minimum absolute atomic E-state index is 0.194. The third kappa shape index (κ3) is 5.47. The molecule has 5 nitrogen and oxygen atoms in total. The Bertz CT molecular complexity index is 1020. The number of carbonyl (C=O) groups excluding carboxylic acids is 2. The van der Waals surface area contributed by atoms with Gasteiger partial charge in [-0.3, -0.25) is 14.9 Å². The van der Waals surface area contributed by atoms with Crippen LogP contribution in [0.3, 0.4) is 0 Å². The molecule has 2 aromatic carbocycles. The Labute approximate surface area is 196 Å². The summed E-state index contributed by atoms with van der Waals surface area (Å²) in [6.07, 6.45) is 8.83. The van der Waals surface area contributed by atoms with Crippen LogP contribution in [0.5, 0.6) is 5.75 Å². The van der Waals surface area contributed by atoms with Gasteiger partial charge in [-0.1, -0.05) is 68.5 Å². The summed E-state index contributed by atoms with van der Waals surface area (Å²) in [6, 6.07) is 15.8. The molecule has 1 fully saturated rings. The van der Waals surface area contributed by atoms with E-state index in [2.05, 4.69) is 5.32 Å². The molecule has 0 radical (unpaired) electrons. The number of methoxy groups -OCH3 is 1. The molecule has 33 heavy (non-hydrogen) atoms. The van der Waals surface area contributed by atoms with Crippen molar-refractivity contribution in [3.05, 3.63) is 70.9 Å². The number of fused-ring (bicyclic) bond motifs is 1. The standard InChI is InChI=1S/C28H34N2O3/c1-30-19-22-16-17-23(33-2)18-24(22)26(21-13-7-4-8-14-21)27(30)28(32)29-25(31)15-9-12-20-10-5-3-6-11-20/h4,7-8,13-14,16-18,20H,3,5-6,9-12,15,19H2,1-2H3,(H,29,31,32). The Morgan fingerprint density at radius 1 is 1.06 bits per heavy atom. The van der Waals surface area contributed by atoms with E-state index in [9.17, 15) is 9.59 Å². The lowest BCUT2D eigenvalue weighted by Crippen LogP contribution is -2.39. The SMILES string of the molecule is COc1ccc2c(c1)C(c1ccccc1)=C(C(=O)NC(=O)CCCC1CCCCC1)N(C)C2. The Kier molecular flexibility index (Phi) is 7.48. The molecular formula is C28H34N2O3. The minimum atomic E-state index is -0.340. The van der Waals surface area contributed by atoms with Crippen molar-refractivity contribution in [3.63, 3.8) is 0 Å². The smallest absolute Gasteiger partial charge is 0.274 e. The van der Waals surface area contributed by atoms with Gasteiger partial charge in [0.2, 0.25) is 5.91 Å². The average molecular weight is 447 g/mol. The molecule has 2 aliphatic rings. The zero-order valence-electron chi connectivity index (χ0n) is 19.7. The summed E-state index contributed by atoms with van der Waals surface area (Å²) in [5, 5.41) is 2.67. The van der Waals surface area contributed by atoms with Crippen LogP contribution in [-0.4, -0.2) is 30.9 Å². The summed E-state index contributed by atoms with van der Waals surface area (Å²) in [7, 11) is 3.54. The van der Waals surface area contributed by atoms with Crippen molar-refractivity contribution in [2.45, 2.75) is 57.9 Å². The highest BCUT2D eigenvalue weighted by Gasteiger charge is 2.29. The maximum atomic E-state index is 13.4. The van der Waals surface area contributed by atoms with Gasteiger partial charge in [0.1, 0.15) is 11.4 Å². The van der Waals surface area contributed by atoms with Crippen LogP contribution < -0.4 is 10.1 Å². The summed E-state index contributed by atoms with van der Waals surface area (Å²) in [6.45, 7) is 0.592. The second-order valence-electron chi connectivity index (χ2n) is 9.24. The maximum Gasteiger partial charge on any atom is 0.274 e. The van der Waals surface area contributed by atoms with Crippen molar-refractivity contribution in [1.29, 1.82) is 0 Å². The molecule has 1 aliphatic heterocycles. The number of carbonyl (C=O) groups is 2. The molecule has 0 unspecified atom stereocenters. The fourth-order valence-corrected chi connectivity index (χ4v) is 5.17. The van der Waals surface area contributed by atoms with Crippen LogP contribution in [-0.2, 0) is 16.1 Å². The summed E-state index contributed by atoms with van der Waals surface area (Å²) < 4.78 is 5.45. The molecule has 1 aliphatic carbocycles. The lowest BCUT2D eigenvalue weighted by molar-refractivity contribution is -0.129. The van der Waals surface area contributed by atoms with Gasteiger partial charge in [0, 0.05) is 25.6 Å². The molecule has 5 heteroatoms. The van der Waals surface area contributed by atoms with E-state index in [0.29, 0.717) is 18.7 Å². The van der Waals surface area contributed by atoms with Crippen LogP contribution in [0.15, 0.2) is 54.2 Å².